The van der Waals surface area contributed by atoms with Gasteiger partial charge in [0.25, 0.3) is 0 Å². The summed E-state index contributed by atoms with van der Waals surface area (Å²) in [4.78, 5) is 15.4. The number of benzene rings is 2. The number of thiazole rings is 1. The van der Waals surface area contributed by atoms with Crippen LogP contribution in [0.1, 0.15) is 29.0 Å². The van der Waals surface area contributed by atoms with Crippen molar-refractivity contribution in [1.82, 2.24) is 4.98 Å². The maximum absolute atomic E-state index is 13.2. The van der Waals surface area contributed by atoms with Gasteiger partial charge in [0, 0.05) is 6.42 Å². The molecule has 3 nitrogen and oxygen atoms in total. The fourth-order valence-corrected chi connectivity index (χ4v) is 3.57. The molecule has 1 heterocycles. The number of rotatable bonds is 5. The zero-order chi connectivity index (χ0) is 18.7. The first-order valence-corrected chi connectivity index (χ1v) is 8.61. The summed E-state index contributed by atoms with van der Waals surface area (Å²) in [6, 6.07) is 12.6. The van der Waals surface area contributed by atoms with Crippen LogP contribution in [0.5, 0.6) is 0 Å². The molecule has 7 heteroatoms. The Balaban J connectivity index is 2.09. The Labute approximate surface area is 151 Å². The molecule has 0 fully saturated rings. The molecule has 0 amide bonds. The summed E-state index contributed by atoms with van der Waals surface area (Å²) in [5.74, 6) is -1.01. The average Bonchev–Trinajstić information content (AvgIpc) is 3.01. The number of para-hydroxylation sites is 1. The minimum absolute atomic E-state index is 0.000329. The van der Waals surface area contributed by atoms with Crippen LogP contribution in [0.4, 0.5) is 13.2 Å². The van der Waals surface area contributed by atoms with Crippen LogP contribution in [-0.2, 0) is 11.0 Å². The lowest BCUT2D eigenvalue weighted by atomic mass is 10.0. The number of nitrogens with zero attached hydrogens (tertiary/aromatic N) is 1. The number of aliphatic carboxylic acids is 1. The fraction of sp³-hybridized carbons (Fsp3) is 0.158. The van der Waals surface area contributed by atoms with Crippen LogP contribution in [-0.4, -0.2) is 16.1 Å². The van der Waals surface area contributed by atoms with Gasteiger partial charge in [0.2, 0.25) is 0 Å². The lowest BCUT2D eigenvalue weighted by Crippen LogP contribution is -2.07. The first-order valence-electron chi connectivity index (χ1n) is 7.79. The predicted octanol–water partition coefficient (Wildman–Crippen LogP) is 5.72. The van der Waals surface area contributed by atoms with Gasteiger partial charge in [0.15, 0.2) is 0 Å². The SMILES string of the molecule is O=C(O)CC/C(=C/c1ccccc1C(F)(F)F)c1nc2ccccc2s1. The van der Waals surface area contributed by atoms with E-state index in [1.807, 2.05) is 24.3 Å². The number of alkyl halides is 3. The van der Waals surface area contributed by atoms with Gasteiger partial charge in [-0.1, -0.05) is 30.3 Å². The van der Waals surface area contributed by atoms with Crippen LogP contribution in [0.2, 0.25) is 0 Å². The minimum atomic E-state index is -4.49. The van der Waals surface area contributed by atoms with Crippen LogP contribution >= 0.6 is 11.3 Å². The van der Waals surface area contributed by atoms with Gasteiger partial charge in [-0.05, 0) is 41.8 Å². The second-order valence-electron chi connectivity index (χ2n) is 5.64. The van der Waals surface area contributed by atoms with Gasteiger partial charge in [-0.15, -0.1) is 11.3 Å². The molecule has 3 aromatic rings. The minimum Gasteiger partial charge on any atom is -0.481 e. The van der Waals surface area contributed by atoms with E-state index in [-0.39, 0.29) is 18.4 Å². The first-order chi connectivity index (χ1) is 12.3. The van der Waals surface area contributed by atoms with Crippen molar-refractivity contribution in [3.8, 4) is 0 Å². The summed E-state index contributed by atoms with van der Waals surface area (Å²) in [5, 5.41) is 9.51. The van der Waals surface area contributed by atoms with Crippen molar-refractivity contribution < 1.29 is 23.1 Å². The topological polar surface area (TPSA) is 50.2 Å². The molecule has 26 heavy (non-hydrogen) atoms. The number of aromatic nitrogens is 1. The molecule has 0 atom stereocenters. The smallest absolute Gasteiger partial charge is 0.416 e. The molecule has 0 unspecified atom stereocenters. The highest BCUT2D eigenvalue weighted by molar-refractivity contribution is 7.19. The van der Waals surface area contributed by atoms with Crippen molar-refractivity contribution in [2.45, 2.75) is 19.0 Å². The molecule has 0 aliphatic heterocycles. The molecule has 0 saturated carbocycles. The van der Waals surface area contributed by atoms with Gasteiger partial charge < -0.3 is 5.11 Å². The number of carbonyl (C=O) groups is 1. The molecule has 1 N–H and O–H groups in total. The highest BCUT2D eigenvalue weighted by Crippen LogP contribution is 2.36. The van der Waals surface area contributed by atoms with Crippen molar-refractivity contribution >= 4 is 39.2 Å². The number of halogens is 3. The molecule has 0 aliphatic rings. The number of carboxylic acids is 1. The van der Waals surface area contributed by atoms with Crippen LogP contribution in [0.3, 0.4) is 0 Å². The van der Waals surface area contributed by atoms with E-state index in [1.165, 1.54) is 35.6 Å². The molecule has 2 aromatic carbocycles. The van der Waals surface area contributed by atoms with Gasteiger partial charge in [0.05, 0.1) is 15.8 Å². The largest absolute Gasteiger partial charge is 0.481 e. The zero-order valence-electron chi connectivity index (χ0n) is 13.5. The van der Waals surface area contributed by atoms with Crippen molar-refractivity contribution in [3.05, 3.63) is 64.7 Å². The van der Waals surface area contributed by atoms with Gasteiger partial charge in [-0.3, -0.25) is 4.79 Å². The van der Waals surface area contributed by atoms with Crippen LogP contribution in [0, 0.1) is 0 Å². The normalized spacial score (nSPS) is 12.5. The molecular weight excluding hydrogens is 363 g/mol. The monoisotopic (exact) mass is 377 g/mol. The Hall–Kier alpha value is -2.67. The Morgan fingerprint density at radius 3 is 2.46 bits per heavy atom. The lowest BCUT2D eigenvalue weighted by Gasteiger charge is -2.11. The van der Waals surface area contributed by atoms with Gasteiger partial charge >= 0.3 is 12.1 Å². The molecule has 3 rings (SSSR count). The maximum atomic E-state index is 13.2. The number of hydrogen-bond donors (Lipinski definition) is 1. The number of fused-ring (bicyclic) bond motifs is 1. The van der Waals surface area contributed by atoms with Gasteiger partial charge in [-0.2, -0.15) is 13.2 Å². The van der Waals surface area contributed by atoms with Crippen molar-refractivity contribution in [2.24, 2.45) is 0 Å². The highest BCUT2D eigenvalue weighted by Gasteiger charge is 2.32. The summed E-state index contributed by atoms with van der Waals surface area (Å²) in [5.41, 5.74) is 0.455. The van der Waals surface area contributed by atoms with Crippen molar-refractivity contribution in [2.75, 3.05) is 0 Å². The Bertz CT molecular complexity index is 943. The van der Waals surface area contributed by atoms with Gasteiger partial charge in [-0.25, -0.2) is 4.98 Å². The number of allylic oxidation sites excluding steroid dienone is 1. The number of carboxylic acid groups (broad SMARTS) is 1. The summed E-state index contributed by atoms with van der Waals surface area (Å²) < 4.78 is 40.6. The molecule has 134 valence electrons. The van der Waals surface area contributed by atoms with Crippen LogP contribution in [0.25, 0.3) is 21.9 Å². The molecule has 0 aliphatic carbocycles. The Kier molecular flexibility index (Phi) is 5.08. The van der Waals surface area contributed by atoms with Crippen molar-refractivity contribution in [3.63, 3.8) is 0 Å². The summed E-state index contributed by atoms with van der Waals surface area (Å²) >= 11 is 1.34. The van der Waals surface area contributed by atoms with E-state index in [1.54, 1.807) is 0 Å². The van der Waals surface area contributed by atoms with Gasteiger partial charge in [0.1, 0.15) is 5.01 Å². The Morgan fingerprint density at radius 1 is 1.08 bits per heavy atom. The lowest BCUT2D eigenvalue weighted by molar-refractivity contribution is -0.138. The fourth-order valence-electron chi connectivity index (χ4n) is 2.56. The summed E-state index contributed by atoms with van der Waals surface area (Å²) in [7, 11) is 0. The van der Waals surface area contributed by atoms with E-state index < -0.39 is 17.7 Å². The third-order valence-electron chi connectivity index (χ3n) is 3.77. The predicted molar refractivity (Wildman–Crippen MR) is 95.8 cm³/mol. The second-order valence-corrected chi connectivity index (χ2v) is 6.67. The quantitative estimate of drug-likeness (QED) is 0.619. The Morgan fingerprint density at radius 2 is 1.77 bits per heavy atom. The third kappa shape index (κ3) is 4.11. The van der Waals surface area contributed by atoms with E-state index in [4.69, 9.17) is 5.11 Å². The maximum Gasteiger partial charge on any atom is 0.416 e. The van der Waals surface area contributed by atoms with Crippen molar-refractivity contribution in [1.29, 1.82) is 0 Å². The molecular formula is C19H14F3NO2S. The second kappa shape index (κ2) is 7.29. The van der Waals surface area contributed by atoms with E-state index in [0.717, 1.165) is 16.3 Å². The standard InChI is InChI=1S/C19H14F3NO2S/c20-19(21,22)14-6-2-1-5-12(14)11-13(9-10-17(24)25)18-23-15-7-3-4-8-16(15)26-18/h1-8,11H,9-10H2,(H,24,25)/b13-11-. The molecule has 0 spiro atoms. The summed E-state index contributed by atoms with van der Waals surface area (Å²) in [6.45, 7) is 0. The van der Waals surface area contributed by atoms with Crippen LogP contribution < -0.4 is 0 Å². The average molecular weight is 377 g/mol. The molecule has 0 radical (unpaired) electrons. The van der Waals surface area contributed by atoms with E-state index >= 15 is 0 Å². The summed E-state index contributed by atoms with van der Waals surface area (Å²) in [6.07, 6.45) is -3.18. The third-order valence-corrected chi connectivity index (χ3v) is 4.88. The molecule has 1 aromatic heterocycles. The zero-order valence-corrected chi connectivity index (χ0v) is 14.3. The molecule has 0 saturated heterocycles. The van der Waals surface area contributed by atoms with E-state index in [9.17, 15) is 18.0 Å². The molecule has 0 bridgehead atoms. The van der Waals surface area contributed by atoms with E-state index in [0.29, 0.717) is 10.6 Å². The van der Waals surface area contributed by atoms with Crippen LogP contribution in [0.15, 0.2) is 48.5 Å². The first kappa shape index (κ1) is 18.1. The number of hydrogen-bond acceptors (Lipinski definition) is 3. The van der Waals surface area contributed by atoms with E-state index in [2.05, 4.69) is 4.98 Å². The highest BCUT2D eigenvalue weighted by atomic mass is 32.1.